The first kappa shape index (κ1) is 18.7. The van der Waals surface area contributed by atoms with E-state index in [4.69, 9.17) is 9.15 Å². The van der Waals surface area contributed by atoms with Crippen LogP contribution in [-0.2, 0) is 11.2 Å². The molecule has 5 heteroatoms. The van der Waals surface area contributed by atoms with Gasteiger partial charge in [0.15, 0.2) is 11.7 Å². The summed E-state index contributed by atoms with van der Waals surface area (Å²) in [6.07, 6.45) is 2.42. The summed E-state index contributed by atoms with van der Waals surface area (Å²) < 4.78 is 11.4. The second-order valence-corrected chi connectivity index (χ2v) is 6.47. The van der Waals surface area contributed by atoms with E-state index in [0.29, 0.717) is 36.1 Å². The zero-order chi connectivity index (χ0) is 19.2. The summed E-state index contributed by atoms with van der Waals surface area (Å²) in [6.45, 7) is 6.49. The number of benzene rings is 2. The zero-order valence-corrected chi connectivity index (χ0v) is 15.9. The molecule has 1 heterocycles. The van der Waals surface area contributed by atoms with Crippen LogP contribution in [0.4, 0.5) is 5.69 Å². The van der Waals surface area contributed by atoms with Crippen molar-refractivity contribution < 1.29 is 13.9 Å². The Morgan fingerprint density at radius 3 is 2.59 bits per heavy atom. The van der Waals surface area contributed by atoms with Crippen molar-refractivity contribution in [3.8, 4) is 17.1 Å². The number of anilines is 1. The van der Waals surface area contributed by atoms with Crippen molar-refractivity contribution in [2.24, 2.45) is 0 Å². The molecule has 0 aliphatic rings. The second kappa shape index (κ2) is 8.54. The number of nitrogens with zero attached hydrogens (tertiary/aromatic N) is 1. The van der Waals surface area contributed by atoms with E-state index in [1.807, 2.05) is 63.2 Å². The van der Waals surface area contributed by atoms with Crippen LogP contribution in [0.3, 0.4) is 0 Å². The van der Waals surface area contributed by atoms with Gasteiger partial charge in [-0.2, -0.15) is 0 Å². The first-order valence-electron chi connectivity index (χ1n) is 9.10. The largest absolute Gasteiger partial charge is 0.492 e. The standard InChI is InChI=1S/C22H24N2O3/c1-4-26-19-13-16(3)7-10-18(19)24-21(25)11-12-22-23-14-20(27-22)17-8-5-15(2)6-9-17/h5-10,13-14H,4,11-12H2,1-3H3,(H,24,25). The maximum atomic E-state index is 12.3. The molecule has 3 rings (SSSR count). The molecule has 0 bridgehead atoms. The molecule has 1 aromatic heterocycles. The number of ether oxygens (including phenoxy) is 1. The fourth-order valence-electron chi connectivity index (χ4n) is 2.72. The molecular weight excluding hydrogens is 340 g/mol. The van der Waals surface area contributed by atoms with Crippen LogP contribution in [0, 0.1) is 13.8 Å². The summed E-state index contributed by atoms with van der Waals surface area (Å²) >= 11 is 0. The second-order valence-electron chi connectivity index (χ2n) is 6.47. The van der Waals surface area contributed by atoms with E-state index >= 15 is 0 Å². The minimum atomic E-state index is -0.102. The summed E-state index contributed by atoms with van der Waals surface area (Å²) in [5.74, 6) is 1.84. The van der Waals surface area contributed by atoms with Gasteiger partial charge in [0.2, 0.25) is 5.91 Å². The molecule has 0 radical (unpaired) electrons. The van der Waals surface area contributed by atoms with Crippen molar-refractivity contribution in [2.45, 2.75) is 33.6 Å². The summed E-state index contributed by atoms with van der Waals surface area (Å²) in [5, 5.41) is 2.90. The number of hydrogen-bond acceptors (Lipinski definition) is 4. The smallest absolute Gasteiger partial charge is 0.224 e. The Morgan fingerprint density at radius 1 is 1.11 bits per heavy atom. The fraction of sp³-hybridized carbons (Fsp3) is 0.273. The molecule has 0 saturated heterocycles. The normalized spacial score (nSPS) is 10.6. The Bertz CT molecular complexity index is 914. The number of aryl methyl sites for hydroxylation is 3. The van der Waals surface area contributed by atoms with Crippen LogP contribution in [-0.4, -0.2) is 17.5 Å². The minimum absolute atomic E-state index is 0.102. The summed E-state index contributed by atoms with van der Waals surface area (Å²) in [4.78, 5) is 16.6. The van der Waals surface area contributed by atoms with E-state index in [1.54, 1.807) is 6.20 Å². The number of amides is 1. The molecule has 1 amide bonds. The molecular formula is C22H24N2O3. The first-order chi connectivity index (χ1) is 13.0. The third-order valence-electron chi connectivity index (χ3n) is 4.17. The molecule has 27 heavy (non-hydrogen) atoms. The highest BCUT2D eigenvalue weighted by Crippen LogP contribution is 2.26. The van der Waals surface area contributed by atoms with Gasteiger partial charge in [-0.25, -0.2) is 4.98 Å². The Morgan fingerprint density at radius 2 is 1.85 bits per heavy atom. The number of carbonyl (C=O) groups is 1. The van der Waals surface area contributed by atoms with Gasteiger partial charge in [-0.15, -0.1) is 0 Å². The van der Waals surface area contributed by atoms with E-state index in [9.17, 15) is 4.79 Å². The molecule has 3 aromatic rings. The van der Waals surface area contributed by atoms with Gasteiger partial charge in [-0.1, -0.05) is 35.9 Å². The highest BCUT2D eigenvalue weighted by atomic mass is 16.5. The van der Waals surface area contributed by atoms with Crippen LogP contribution in [0.15, 0.2) is 53.1 Å². The quantitative estimate of drug-likeness (QED) is 0.646. The number of rotatable bonds is 7. The van der Waals surface area contributed by atoms with Gasteiger partial charge in [0, 0.05) is 18.4 Å². The summed E-state index contributed by atoms with van der Waals surface area (Å²) in [7, 11) is 0. The van der Waals surface area contributed by atoms with Gasteiger partial charge in [0.05, 0.1) is 18.5 Å². The molecule has 140 valence electrons. The lowest BCUT2D eigenvalue weighted by atomic mass is 10.1. The third kappa shape index (κ3) is 4.97. The predicted molar refractivity (Wildman–Crippen MR) is 106 cm³/mol. The van der Waals surface area contributed by atoms with Crippen molar-refractivity contribution in [1.82, 2.24) is 4.98 Å². The third-order valence-corrected chi connectivity index (χ3v) is 4.17. The van der Waals surface area contributed by atoms with Crippen molar-refractivity contribution in [3.05, 3.63) is 65.7 Å². The lowest BCUT2D eigenvalue weighted by molar-refractivity contribution is -0.116. The Kier molecular flexibility index (Phi) is 5.91. The zero-order valence-electron chi connectivity index (χ0n) is 15.9. The number of oxazole rings is 1. The number of aromatic nitrogens is 1. The number of carbonyl (C=O) groups excluding carboxylic acids is 1. The van der Waals surface area contributed by atoms with E-state index in [0.717, 1.165) is 11.1 Å². The lowest BCUT2D eigenvalue weighted by Crippen LogP contribution is -2.13. The van der Waals surface area contributed by atoms with Crippen molar-refractivity contribution in [3.63, 3.8) is 0 Å². The SMILES string of the molecule is CCOc1cc(C)ccc1NC(=O)CCc1ncc(-c2ccc(C)cc2)o1. The van der Waals surface area contributed by atoms with E-state index in [1.165, 1.54) is 5.56 Å². The predicted octanol–water partition coefficient (Wildman–Crippen LogP) is 4.93. The summed E-state index contributed by atoms with van der Waals surface area (Å²) in [6, 6.07) is 13.8. The van der Waals surface area contributed by atoms with Crippen molar-refractivity contribution in [2.75, 3.05) is 11.9 Å². The molecule has 2 aromatic carbocycles. The molecule has 0 atom stereocenters. The lowest BCUT2D eigenvalue weighted by Gasteiger charge is -2.12. The molecule has 0 fully saturated rings. The van der Waals surface area contributed by atoms with E-state index < -0.39 is 0 Å². The van der Waals surface area contributed by atoms with Gasteiger partial charge in [-0.3, -0.25) is 4.79 Å². The van der Waals surface area contributed by atoms with Crippen LogP contribution >= 0.6 is 0 Å². The van der Waals surface area contributed by atoms with Crippen LogP contribution in [0.25, 0.3) is 11.3 Å². The van der Waals surface area contributed by atoms with Crippen molar-refractivity contribution in [1.29, 1.82) is 0 Å². The number of nitrogens with one attached hydrogen (secondary N) is 1. The average Bonchev–Trinajstić information content (AvgIpc) is 3.12. The van der Waals surface area contributed by atoms with Crippen LogP contribution in [0.2, 0.25) is 0 Å². The maximum Gasteiger partial charge on any atom is 0.224 e. The first-order valence-corrected chi connectivity index (χ1v) is 9.10. The Balaban J connectivity index is 1.59. The highest BCUT2D eigenvalue weighted by Gasteiger charge is 2.11. The number of hydrogen-bond donors (Lipinski definition) is 1. The minimum Gasteiger partial charge on any atom is -0.492 e. The summed E-state index contributed by atoms with van der Waals surface area (Å²) in [5.41, 5.74) is 3.93. The molecule has 0 unspecified atom stereocenters. The van der Waals surface area contributed by atoms with Crippen molar-refractivity contribution >= 4 is 11.6 Å². The van der Waals surface area contributed by atoms with Crippen LogP contribution in [0.5, 0.6) is 5.75 Å². The average molecular weight is 364 g/mol. The Labute approximate surface area is 159 Å². The Hall–Kier alpha value is -3.08. The van der Waals surface area contributed by atoms with Gasteiger partial charge in [-0.05, 0) is 38.5 Å². The fourth-order valence-corrected chi connectivity index (χ4v) is 2.72. The maximum absolute atomic E-state index is 12.3. The monoisotopic (exact) mass is 364 g/mol. The topological polar surface area (TPSA) is 64.4 Å². The van der Waals surface area contributed by atoms with Gasteiger partial charge < -0.3 is 14.5 Å². The van der Waals surface area contributed by atoms with Gasteiger partial charge in [0.25, 0.3) is 0 Å². The van der Waals surface area contributed by atoms with E-state index in [2.05, 4.69) is 10.3 Å². The van der Waals surface area contributed by atoms with Crippen LogP contribution in [0.1, 0.15) is 30.4 Å². The molecule has 0 saturated carbocycles. The molecule has 5 nitrogen and oxygen atoms in total. The van der Waals surface area contributed by atoms with E-state index in [-0.39, 0.29) is 12.3 Å². The van der Waals surface area contributed by atoms with Gasteiger partial charge >= 0.3 is 0 Å². The molecule has 0 aliphatic heterocycles. The highest BCUT2D eigenvalue weighted by molar-refractivity contribution is 5.92. The van der Waals surface area contributed by atoms with Gasteiger partial charge in [0.1, 0.15) is 5.75 Å². The van der Waals surface area contributed by atoms with Crippen LogP contribution < -0.4 is 10.1 Å². The molecule has 0 aliphatic carbocycles. The molecule has 1 N–H and O–H groups in total. The molecule has 0 spiro atoms.